The van der Waals surface area contributed by atoms with E-state index in [1.165, 1.54) is 19.4 Å². The fraction of sp³-hybridized carbons (Fsp3) is 0.345. The Kier molecular flexibility index (Phi) is 8.62. The van der Waals surface area contributed by atoms with Gasteiger partial charge in [0.25, 0.3) is 0 Å². The number of carbonyl (C=O) groups excluding carboxylic acids is 2. The van der Waals surface area contributed by atoms with Crippen LogP contribution in [0, 0.1) is 5.82 Å². The third-order valence-electron chi connectivity index (χ3n) is 7.25. The predicted octanol–water partition coefficient (Wildman–Crippen LogP) is 2.73. The highest BCUT2D eigenvalue weighted by atomic mass is 19.1. The van der Waals surface area contributed by atoms with E-state index in [1.807, 2.05) is 24.3 Å². The molecule has 1 saturated heterocycles. The van der Waals surface area contributed by atoms with Crippen LogP contribution >= 0.6 is 0 Å². The number of hydrogen-bond acceptors (Lipinski definition) is 10. The molecule has 2 N–H and O–H groups in total. The number of nitrogens with one attached hydrogen (secondary N) is 2. The molecule has 1 amide bonds. The first-order valence-electron chi connectivity index (χ1n) is 13.3. The quantitative estimate of drug-likeness (QED) is 0.377. The van der Waals surface area contributed by atoms with E-state index in [-0.39, 0.29) is 29.9 Å². The molecule has 3 aromatic rings. The number of hydrogen-bond donors (Lipinski definition) is 2. The maximum atomic E-state index is 15.0. The zero-order valence-electron chi connectivity index (χ0n) is 23.2. The summed E-state index contributed by atoms with van der Waals surface area (Å²) in [5.41, 5.74) is 3.79. The second kappa shape index (κ2) is 12.5. The lowest BCUT2D eigenvalue weighted by molar-refractivity contribution is -0.124. The van der Waals surface area contributed by atoms with E-state index >= 15 is 4.39 Å². The number of allylic oxidation sites excluding steroid dienone is 1. The van der Waals surface area contributed by atoms with Crippen LogP contribution in [0.2, 0.25) is 0 Å². The molecule has 1 aliphatic carbocycles. The number of ether oxygens (including phenoxy) is 2. The number of anilines is 3. The van der Waals surface area contributed by atoms with E-state index in [0.717, 1.165) is 43.5 Å². The number of aromatic nitrogens is 3. The van der Waals surface area contributed by atoms with Crippen molar-refractivity contribution in [1.82, 2.24) is 24.8 Å². The number of fused-ring (bicyclic) bond motifs is 1. The highest BCUT2D eigenvalue weighted by Crippen LogP contribution is 2.37. The Bertz CT molecular complexity index is 1460. The van der Waals surface area contributed by atoms with Gasteiger partial charge < -0.3 is 25.0 Å². The van der Waals surface area contributed by atoms with Crippen LogP contribution in [-0.2, 0) is 20.7 Å². The monoisotopic (exact) mass is 561 g/mol. The molecular formula is C29H32FN7O4. The van der Waals surface area contributed by atoms with Gasteiger partial charge in [-0.2, -0.15) is 0 Å². The van der Waals surface area contributed by atoms with Gasteiger partial charge in [-0.1, -0.05) is 18.2 Å². The van der Waals surface area contributed by atoms with E-state index in [1.54, 1.807) is 13.2 Å². The van der Waals surface area contributed by atoms with Crippen LogP contribution in [0.4, 0.5) is 21.7 Å². The van der Waals surface area contributed by atoms with Gasteiger partial charge in [-0.15, -0.1) is 0 Å². The SMILES string of the molecule is COC[C@H](C(=O)Nc1cccc2c1CC=C2c1nc(Nc2ccc(C(=O)OC)nc2)ncc1F)N1CCN(C)CC1. The highest BCUT2D eigenvalue weighted by Gasteiger charge is 2.30. The summed E-state index contributed by atoms with van der Waals surface area (Å²) in [5, 5.41) is 6.09. The summed E-state index contributed by atoms with van der Waals surface area (Å²) in [6, 6.07) is 8.30. The lowest BCUT2D eigenvalue weighted by atomic mass is 10.0. The summed E-state index contributed by atoms with van der Waals surface area (Å²) in [6.07, 6.45) is 4.96. The number of halogens is 1. The Balaban J connectivity index is 1.34. The molecule has 41 heavy (non-hydrogen) atoms. The molecule has 0 unspecified atom stereocenters. The van der Waals surface area contributed by atoms with Crippen molar-refractivity contribution in [3.05, 3.63) is 77.1 Å². The molecule has 1 fully saturated rings. The lowest BCUT2D eigenvalue weighted by Gasteiger charge is -2.36. The van der Waals surface area contributed by atoms with Gasteiger partial charge in [-0.05, 0) is 42.8 Å². The second-order valence-electron chi connectivity index (χ2n) is 9.89. The minimum absolute atomic E-state index is 0.134. The number of carbonyl (C=O) groups is 2. The average Bonchev–Trinajstić information content (AvgIpc) is 3.42. The molecule has 12 heteroatoms. The van der Waals surface area contributed by atoms with E-state index in [9.17, 15) is 9.59 Å². The Morgan fingerprint density at radius 1 is 1.07 bits per heavy atom. The van der Waals surface area contributed by atoms with Crippen LogP contribution in [0.5, 0.6) is 0 Å². The summed E-state index contributed by atoms with van der Waals surface area (Å²) >= 11 is 0. The van der Waals surface area contributed by atoms with Crippen LogP contribution < -0.4 is 10.6 Å². The molecule has 3 heterocycles. The van der Waals surface area contributed by atoms with Crippen molar-refractivity contribution in [2.75, 3.05) is 64.7 Å². The summed E-state index contributed by atoms with van der Waals surface area (Å²) in [4.78, 5) is 42.0. The lowest BCUT2D eigenvalue weighted by Crippen LogP contribution is -2.54. The highest BCUT2D eigenvalue weighted by molar-refractivity contribution is 5.97. The first kappa shape index (κ1) is 28.3. The van der Waals surface area contributed by atoms with Crippen LogP contribution in [0.3, 0.4) is 0 Å². The number of likely N-dealkylation sites (N-methyl/N-ethyl adjacent to an activating group) is 1. The van der Waals surface area contributed by atoms with Crippen LogP contribution in [0.25, 0.3) is 5.57 Å². The smallest absolute Gasteiger partial charge is 0.356 e. The largest absolute Gasteiger partial charge is 0.464 e. The second-order valence-corrected chi connectivity index (χ2v) is 9.89. The third-order valence-corrected chi connectivity index (χ3v) is 7.25. The fourth-order valence-corrected chi connectivity index (χ4v) is 5.01. The summed E-state index contributed by atoms with van der Waals surface area (Å²) < 4.78 is 25.1. The minimum atomic E-state index is -0.571. The maximum Gasteiger partial charge on any atom is 0.356 e. The first-order chi connectivity index (χ1) is 19.9. The molecule has 1 aromatic carbocycles. The van der Waals surface area contributed by atoms with Crippen molar-refractivity contribution in [2.24, 2.45) is 0 Å². The number of methoxy groups -OCH3 is 2. The van der Waals surface area contributed by atoms with Crippen molar-refractivity contribution < 1.29 is 23.5 Å². The van der Waals surface area contributed by atoms with Crippen LogP contribution in [0.15, 0.2) is 48.8 Å². The van der Waals surface area contributed by atoms with Gasteiger partial charge in [-0.25, -0.2) is 24.1 Å². The van der Waals surface area contributed by atoms with Crippen LogP contribution in [0.1, 0.15) is 27.3 Å². The number of rotatable bonds is 9. The molecule has 2 aromatic heterocycles. The van der Waals surface area contributed by atoms with Crippen molar-refractivity contribution >= 4 is 34.8 Å². The number of amides is 1. The normalized spacial score (nSPS) is 16.0. The van der Waals surface area contributed by atoms with E-state index in [0.29, 0.717) is 23.4 Å². The molecule has 0 radical (unpaired) electrons. The standard InChI is InChI=1S/C29H32FN7O4/c1-36-11-13-37(14-12-36)25(17-40-2)27(38)34-23-6-4-5-19-20(23)8-9-21(19)26-22(30)16-32-29(35-26)33-18-7-10-24(31-15-18)28(39)41-3/h4-7,9-10,15-16,25H,8,11-14,17H2,1-3H3,(H,34,38)(H,32,33,35)/t25-/m1/s1. The molecule has 1 atom stereocenters. The summed E-state index contributed by atoms with van der Waals surface area (Å²) in [6.45, 7) is 3.63. The van der Waals surface area contributed by atoms with Gasteiger partial charge in [0.2, 0.25) is 11.9 Å². The summed E-state index contributed by atoms with van der Waals surface area (Å²) in [5.74, 6) is -1.08. The zero-order valence-corrected chi connectivity index (χ0v) is 23.2. The van der Waals surface area contributed by atoms with Gasteiger partial charge in [0, 0.05) is 44.5 Å². The van der Waals surface area contributed by atoms with E-state index < -0.39 is 17.8 Å². The van der Waals surface area contributed by atoms with Gasteiger partial charge >= 0.3 is 5.97 Å². The topological polar surface area (TPSA) is 122 Å². The fourth-order valence-electron chi connectivity index (χ4n) is 5.01. The van der Waals surface area contributed by atoms with Gasteiger partial charge in [0.15, 0.2) is 5.82 Å². The molecular weight excluding hydrogens is 529 g/mol. The number of pyridine rings is 1. The van der Waals surface area contributed by atoms with Gasteiger partial charge in [-0.3, -0.25) is 9.69 Å². The van der Waals surface area contributed by atoms with Gasteiger partial charge in [0.05, 0.1) is 31.8 Å². The molecule has 1 aliphatic heterocycles. The molecule has 0 bridgehead atoms. The van der Waals surface area contributed by atoms with E-state index in [2.05, 4.69) is 47.2 Å². The number of piperazine rings is 1. The molecule has 214 valence electrons. The Labute approximate surface area is 237 Å². The Morgan fingerprint density at radius 3 is 2.59 bits per heavy atom. The van der Waals surface area contributed by atoms with Crippen molar-refractivity contribution in [3.63, 3.8) is 0 Å². The molecule has 2 aliphatic rings. The number of benzene rings is 1. The molecule has 0 spiro atoms. The average molecular weight is 562 g/mol. The van der Waals surface area contributed by atoms with Gasteiger partial charge in [0.1, 0.15) is 17.4 Å². The zero-order chi connectivity index (χ0) is 28.9. The van der Waals surface area contributed by atoms with Crippen molar-refractivity contribution in [2.45, 2.75) is 12.5 Å². The maximum absolute atomic E-state index is 15.0. The predicted molar refractivity (Wildman–Crippen MR) is 151 cm³/mol. The minimum Gasteiger partial charge on any atom is -0.464 e. The van der Waals surface area contributed by atoms with Crippen LogP contribution in [-0.4, -0.2) is 96.7 Å². The third kappa shape index (κ3) is 6.24. The number of nitrogens with zero attached hydrogens (tertiary/aromatic N) is 5. The number of esters is 1. The molecule has 0 saturated carbocycles. The van der Waals surface area contributed by atoms with Crippen molar-refractivity contribution in [1.29, 1.82) is 0 Å². The molecule has 5 rings (SSSR count). The molecule has 11 nitrogen and oxygen atoms in total. The summed E-state index contributed by atoms with van der Waals surface area (Å²) in [7, 11) is 4.95. The Morgan fingerprint density at radius 2 is 1.88 bits per heavy atom. The van der Waals surface area contributed by atoms with Crippen molar-refractivity contribution in [3.8, 4) is 0 Å². The Hall–Kier alpha value is -4.26. The van der Waals surface area contributed by atoms with E-state index in [4.69, 9.17) is 4.74 Å². The first-order valence-corrected chi connectivity index (χ1v) is 13.3.